The van der Waals surface area contributed by atoms with E-state index in [2.05, 4.69) is 0 Å². The van der Waals surface area contributed by atoms with Gasteiger partial charge in [-0.25, -0.2) is 0 Å². The van der Waals surface area contributed by atoms with Gasteiger partial charge >= 0.3 is 0 Å². The third kappa shape index (κ3) is 3.26. The molecule has 1 heterocycles. The first kappa shape index (κ1) is 15.2. The molecule has 1 aromatic carbocycles. The van der Waals surface area contributed by atoms with E-state index in [0.29, 0.717) is 41.0 Å². The summed E-state index contributed by atoms with van der Waals surface area (Å²) < 4.78 is 5.09. The number of rotatable bonds is 3. The van der Waals surface area contributed by atoms with Crippen LogP contribution < -0.4 is 5.73 Å². The Morgan fingerprint density at radius 2 is 2.05 bits per heavy atom. The van der Waals surface area contributed by atoms with Gasteiger partial charge in [0, 0.05) is 25.8 Å². The number of carbonyl (C=O) groups is 1. The van der Waals surface area contributed by atoms with Gasteiger partial charge in [0.25, 0.3) is 5.91 Å². The maximum atomic E-state index is 12.4. The lowest BCUT2D eigenvalue weighted by molar-refractivity contribution is 0.0765. The molecule has 0 unspecified atom stereocenters. The fraction of sp³-hybridized carbons (Fsp3) is 0.357. The second-order valence-electron chi connectivity index (χ2n) is 4.65. The van der Waals surface area contributed by atoms with E-state index in [1.165, 1.54) is 5.57 Å². The third-order valence-corrected chi connectivity index (χ3v) is 3.87. The van der Waals surface area contributed by atoms with E-state index in [9.17, 15) is 4.79 Å². The number of halogens is 2. The molecule has 1 aliphatic heterocycles. The molecule has 1 aliphatic rings. The summed E-state index contributed by atoms with van der Waals surface area (Å²) >= 11 is 11.9. The van der Waals surface area contributed by atoms with Crippen molar-refractivity contribution in [2.24, 2.45) is 0 Å². The zero-order valence-corrected chi connectivity index (χ0v) is 12.7. The number of ether oxygens (including phenoxy) is 1. The molecule has 0 radical (unpaired) electrons. The molecule has 1 aromatic rings. The minimum absolute atomic E-state index is 0.0958. The van der Waals surface area contributed by atoms with Gasteiger partial charge in [-0.1, -0.05) is 29.3 Å². The van der Waals surface area contributed by atoms with Gasteiger partial charge in [0.2, 0.25) is 0 Å². The molecule has 1 amide bonds. The Kier molecular flexibility index (Phi) is 4.91. The Morgan fingerprint density at radius 1 is 1.40 bits per heavy atom. The van der Waals surface area contributed by atoms with E-state index in [1.807, 2.05) is 6.08 Å². The molecule has 0 aliphatic carbocycles. The summed E-state index contributed by atoms with van der Waals surface area (Å²) in [5.74, 6) is -0.0958. The van der Waals surface area contributed by atoms with Gasteiger partial charge < -0.3 is 15.4 Å². The Morgan fingerprint density at radius 3 is 2.55 bits per heavy atom. The van der Waals surface area contributed by atoms with Crippen LogP contribution in [0.4, 0.5) is 5.69 Å². The number of anilines is 1. The first-order valence-corrected chi connectivity index (χ1v) is 6.99. The van der Waals surface area contributed by atoms with Gasteiger partial charge in [0.15, 0.2) is 0 Å². The lowest BCUT2D eigenvalue weighted by atomic mass is 10.1. The van der Waals surface area contributed by atoms with Gasteiger partial charge in [-0.3, -0.25) is 4.79 Å². The van der Waals surface area contributed by atoms with Crippen LogP contribution in [0.1, 0.15) is 16.8 Å². The topological polar surface area (TPSA) is 55.6 Å². The van der Waals surface area contributed by atoms with Crippen molar-refractivity contribution >= 4 is 34.8 Å². The smallest absolute Gasteiger partial charge is 0.254 e. The van der Waals surface area contributed by atoms with Crippen LogP contribution in [0.3, 0.4) is 0 Å². The predicted molar refractivity (Wildman–Crippen MR) is 81.4 cm³/mol. The van der Waals surface area contributed by atoms with Crippen molar-refractivity contribution in [3.8, 4) is 0 Å². The number of hydrogen-bond acceptors (Lipinski definition) is 3. The highest BCUT2D eigenvalue weighted by molar-refractivity contribution is 6.39. The normalized spacial score (nSPS) is 15.2. The highest BCUT2D eigenvalue weighted by Crippen LogP contribution is 2.29. The minimum atomic E-state index is -0.0958. The predicted octanol–water partition coefficient (Wildman–Crippen LogP) is 2.99. The first-order chi connectivity index (χ1) is 9.52. The minimum Gasteiger partial charge on any atom is -0.396 e. The summed E-state index contributed by atoms with van der Waals surface area (Å²) in [6.45, 7) is 1.84. The molecular formula is C14H16Cl2N2O2. The van der Waals surface area contributed by atoms with Gasteiger partial charge in [-0.15, -0.1) is 0 Å². The summed E-state index contributed by atoms with van der Waals surface area (Å²) in [6, 6.07) is 3.11. The third-order valence-electron chi connectivity index (χ3n) is 3.25. The molecular weight excluding hydrogens is 299 g/mol. The fourth-order valence-electron chi connectivity index (χ4n) is 2.10. The Balaban J connectivity index is 2.13. The number of hydrogen-bond donors (Lipinski definition) is 1. The second-order valence-corrected chi connectivity index (χ2v) is 5.46. The number of carbonyl (C=O) groups excluding carboxylic acids is 1. The molecule has 0 atom stereocenters. The van der Waals surface area contributed by atoms with Crippen LogP contribution in [-0.4, -0.2) is 37.6 Å². The highest BCUT2D eigenvalue weighted by atomic mass is 35.5. The van der Waals surface area contributed by atoms with Crippen molar-refractivity contribution in [2.45, 2.75) is 6.42 Å². The Bertz CT molecular complexity index is 535. The average molecular weight is 315 g/mol. The van der Waals surface area contributed by atoms with Crippen LogP contribution in [0, 0.1) is 0 Å². The zero-order chi connectivity index (χ0) is 14.7. The molecule has 2 N–H and O–H groups in total. The molecule has 2 rings (SSSR count). The summed E-state index contributed by atoms with van der Waals surface area (Å²) in [5, 5.41) is 0.599. The number of nitrogen functional groups attached to an aromatic ring is 1. The van der Waals surface area contributed by atoms with E-state index in [-0.39, 0.29) is 5.91 Å². The average Bonchev–Trinajstić information content (AvgIpc) is 2.44. The quantitative estimate of drug-likeness (QED) is 0.689. The van der Waals surface area contributed by atoms with E-state index in [0.717, 1.165) is 6.42 Å². The molecule has 4 nitrogen and oxygen atoms in total. The number of methoxy groups -OCH3 is 1. The maximum absolute atomic E-state index is 12.4. The molecule has 108 valence electrons. The van der Waals surface area contributed by atoms with Gasteiger partial charge in [-0.05, 0) is 24.1 Å². The SMILES string of the molecule is COCC1=CCN(C(=O)c2cc(Cl)c(N)c(Cl)c2)CC1. The number of nitrogens with two attached hydrogens (primary N) is 1. The van der Waals surface area contributed by atoms with Crippen molar-refractivity contribution in [3.63, 3.8) is 0 Å². The van der Waals surface area contributed by atoms with Crippen molar-refractivity contribution in [1.29, 1.82) is 0 Å². The molecule has 0 fully saturated rings. The molecule has 0 saturated carbocycles. The molecule has 0 bridgehead atoms. The molecule has 20 heavy (non-hydrogen) atoms. The van der Waals surface area contributed by atoms with Crippen LogP contribution in [0.2, 0.25) is 10.0 Å². The van der Waals surface area contributed by atoms with Crippen LogP contribution in [-0.2, 0) is 4.74 Å². The lowest BCUT2D eigenvalue weighted by Crippen LogP contribution is -2.35. The van der Waals surface area contributed by atoms with E-state index >= 15 is 0 Å². The molecule has 0 saturated heterocycles. The van der Waals surface area contributed by atoms with E-state index in [4.69, 9.17) is 33.7 Å². The lowest BCUT2D eigenvalue weighted by Gasteiger charge is -2.26. The van der Waals surface area contributed by atoms with Gasteiger partial charge in [0.1, 0.15) is 0 Å². The summed E-state index contributed by atoms with van der Waals surface area (Å²) in [4.78, 5) is 14.1. The summed E-state index contributed by atoms with van der Waals surface area (Å²) in [5.41, 5.74) is 7.63. The standard InChI is InChI=1S/C14H16Cl2N2O2/c1-20-8-9-2-4-18(5-3-9)14(19)10-6-11(15)13(17)12(16)7-10/h2,6-7H,3-5,8,17H2,1H3. The van der Waals surface area contributed by atoms with Crippen LogP contribution in [0.5, 0.6) is 0 Å². The van der Waals surface area contributed by atoms with Gasteiger partial charge in [0.05, 0.1) is 22.3 Å². The van der Waals surface area contributed by atoms with Crippen LogP contribution in [0.15, 0.2) is 23.8 Å². The Hall–Kier alpha value is -1.23. The zero-order valence-electron chi connectivity index (χ0n) is 11.2. The van der Waals surface area contributed by atoms with Gasteiger partial charge in [-0.2, -0.15) is 0 Å². The fourth-order valence-corrected chi connectivity index (χ4v) is 2.59. The molecule has 0 spiro atoms. The van der Waals surface area contributed by atoms with Crippen LogP contribution in [0.25, 0.3) is 0 Å². The number of benzene rings is 1. The van der Waals surface area contributed by atoms with Crippen molar-refractivity contribution in [1.82, 2.24) is 4.90 Å². The number of amides is 1. The van der Waals surface area contributed by atoms with E-state index < -0.39 is 0 Å². The molecule has 6 heteroatoms. The Labute approximate surface area is 128 Å². The van der Waals surface area contributed by atoms with Crippen molar-refractivity contribution in [3.05, 3.63) is 39.4 Å². The monoisotopic (exact) mass is 314 g/mol. The molecule has 0 aromatic heterocycles. The van der Waals surface area contributed by atoms with E-state index in [1.54, 1.807) is 24.1 Å². The van der Waals surface area contributed by atoms with Crippen molar-refractivity contribution < 1.29 is 9.53 Å². The first-order valence-electron chi connectivity index (χ1n) is 6.23. The second kappa shape index (κ2) is 6.48. The van der Waals surface area contributed by atoms with Crippen LogP contribution >= 0.6 is 23.2 Å². The highest BCUT2D eigenvalue weighted by Gasteiger charge is 2.20. The van der Waals surface area contributed by atoms with Crippen molar-refractivity contribution in [2.75, 3.05) is 32.5 Å². The largest absolute Gasteiger partial charge is 0.396 e. The maximum Gasteiger partial charge on any atom is 0.254 e. The number of nitrogens with zero attached hydrogens (tertiary/aromatic N) is 1. The summed E-state index contributed by atoms with van der Waals surface area (Å²) in [6.07, 6.45) is 2.83. The summed E-state index contributed by atoms with van der Waals surface area (Å²) in [7, 11) is 1.66.